The van der Waals surface area contributed by atoms with Gasteiger partial charge in [-0.3, -0.25) is 19.5 Å². The Balaban J connectivity index is 2.02. The molecule has 0 spiro atoms. The van der Waals surface area contributed by atoms with Gasteiger partial charge in [-0.15, -0.1) is 0 Å². The summed E-state index contributed by atoms with van der Waals surface area (Å²) >= 11 is 6.19. The molecule has 9 heteroatoms. The number of phenols is 1. The van der Waals surface area contributed by atoms with Gasteiger partial charge in [-0.25, -0.2) is 0 Å². The van der Waals surface area contributed by atoms with Gasteiger partial charge in [0.05, 0.1) is 42.1 Å². The van der Waals surface area contributed by atoms with E-state index in [0.29, 0.717) is 5.56 Å². The number of aromatic nitrogens is 1. The van der Waals surface area contributed by atoms with Gasteiger partial charge in [-0.1, -0.05) is 23.7 Å². The van der Waals surface area contributed by atoms with Crippen LogP contribution in [0.5, 0.6) is 17.2 Å². The first kappa shape index (κ1) is 23.1. The molecule has 0 radical (unpaired) electrons. The van der Waals surface area contributed by atoms with E-state index in [0.717, 1.165) is 10.5 Å². The Hall–Kier alpha value is -4.04. The van der Waals surface area contributed by atoms with E-state index in [2.05, 4.69) is 4.98 Å². The first-order valence-electron chi connectivity index (χ1n) is 10.2. The van der Waals surface area contributed by atoms with Crippen LogP contribution in [0.15, 0.2) is 60.4 Å². The van der Waals surface area contributed by atoms with Crippen molar-refractivity contribution in [3.63, 3.8) is 0 Å². The fourth-order valence-electron chi connectivity index (χ4n) is 3.95. The van der Waals surface area contributed by atoms with E-state index >= 15 is 0 Å². The average Bonchev–Trinajstić information content (AvgIpc) is 3.10. The third-order valence-corrected chi connectivity index (χ3v) is 5.86. The second kappa shape index (κ2) is 9.07. The van der Waals surface area contributed by atoms with Crippen LogP contribution in [0.1, 0.15) is 22.7 Å². The molecule has 2 aromatic carbocycles. The van der Waals surface area contributed by atoms with Crippen molar-refractivity contribution >= 4 is 34.7 Å². The van der Waals surface area contributed by atoms with Gasteiger partial charge in [-0.2, -0.15) is 0 Å². The average molecular weight is 481 g/mol. The number of carbonyl (C=O) groups is 2. The number of aliphatic hydroxyl groups is 1. The SMILES string of the molecule is COc1cc(/C(O)=C2\C(=O)C(=O)N(c3cc(C)ccc3O)C2c2cccnc2)c(OC)cc1Cl. The van der Waals surface area contributed by atoms with Gasteiger partial charge in [0.25, 0.3) is 11.7 Å². The molecule has 1 aliphatic rings. The minimum atomic E-state index is -1.06. The quantitative estimate of drug-likeness (QED) is 0.316. The van der Waals surface area contributed by atoms with Crippen molar-refractivity contribution in [3.8, 4) is 17.2 Å². The zero-order valence-corrected chi connectivity index (χ0v) is 19.3. The Morgan fingerprint density at radius 2 is 1.82 bits per heavy atom. The Bertz CT molecular complexity index is 1320. The molecule has 2 N–H and O–H groups in total. The Morgan fingerprint density at radius 1 is 1.09 bits per heavy atom. The maximum absolute atomic E-state index is 13.3. The number of carbonyl (C=O) groups excluding carboxylic acids is 2. The predicted octanol–water partition coefficient (Wildman–Crippen LogP) is 4.39. The number of methoxy groups -OCH3 is 2. The van der Waals surface area contributed by atoms with Crippen LogP contribution < -0.4 is 14.4 Å². The molecular weight excluding hydrogens is 460 g/mol. The summed E-state index contributed by atoms with van der Waals surface area (Å²) < 4.78 is 10.6. The third-order valence-electron chi connectivity index (χ3n) is 5.56. The highest BCUT2D eigenvalue weighted by molar-refractivity contribution is 6.52. The number of Topliss-reactive ketones (excluding diaryl/α,β-unsaturated/α-hetero) is 1. The zero-order valence-electron chi connectivity index (χ0n) is 18.6. The molecule has 1 atom stereocenters. The van der Waals surface area contributed by atoms with E-state index in [4.69, 9.17) is 21.1 Å². The number of ketones is 1. The molecular formula is C25H21ClN2O6. The first-order chi connectivity index (χ1) is 16.3. The number of benzene rings is 2. The number of aryl methyl sites for hydroxylation is 1. The summed E-state index contributed by atoms with van der Waals surface area (Å²) in [4.78, 5) is 31.8. The van der Waals surface area contributed by atoms with Gasteiger partial charge in [0.2, 0.25) is 0 Å². The van der Waals surface area contributed by atoms with E-state index in [1.165, 1.54) is 38.6 Å². The van der Waals surface area contributed by atoms with E-state index in [1.54, 1.807) is 37.4 Å². The van der Waals surface area contributed by atoms with Gasteiger partial charge in [0, 0.05) is 18.5 Å². The van der Waals surface area contributed by atoms with Crippen molar-refractivity contribution in [2.24, 2.45) is 0 Å². The van der Waals surface area contributed by atoms with Crippen molar-refractivity contribution in [3.05, 3.63) is 82.1 Å². The summed E-state index contributed by atoms with van der Waals surface area (Å²) in [7, 11) is 2.80. The Morgan fingerprint density at radius 3 is 2.47 bits per heavy atom. The normalized spacial score (nSPS) is 17.2. The van der Waals surface area contributed by atoms with Crippen LogP contribution in [0.25, 0.3) is 5.76 Å². The second-order valence-electron chi connectivity index (χ2n) is 7.63. The summed E-state index contributed by atoms with van der Waals surface area (Å²) in [6.07, 6.45) is 3.04. The van der Waals surface area contributed by atoms with Crippen LogP contribution in [-0.4, -0.2) is 41.1 Å². The number of aliphatic hydroxyl groups excluding tert-OH is 1. The molecule has 1 amide bonds. The number of amides is 1. The maximum atomic E-state index is 13.3. The zero-order chi connectivity index (χ0) is 24.6. The number of pyridine rings is 1. The van der Waals surface area contributed by atoms with Crippen molar-refractivity contribution < 1.29 is 29.3 Å². The van der Waals surface area contributed by atoms with Crippen LogP contribution in [0.2, 0.25) is 5.02 Å². The van der Waals surface area contributed by atoms with Crippen LogP contribution >= 0.6 is 11.6 Å². The molecule has 1 aliphatic heterocycles. The molecule has 0 saturated carbocycles. The Labute approximate surface area is 200 Å². The molecule has 1 saturated heterocycles. The van der Waals surface area contributed by atoms with Crippen LogP contribution in [0.3, 0.4) is 0 Å². The summed E-state index contributed by atoms with van der Waals surface area (Å²) in [5.41, 5.74) is 1.29. The minimum absolute atomic E-state index is 0.115. The van der Waals surface area contributed by atoms with Gasteiger partial charge in [-0.05, 0) is 42.3 Å². The standard InChI is InChI=1S/C25H21ClN2O6/c1-13-6-7-18(29)17(9-13)28-22(14-5-4-8-27-12-14)21(24(31)25(28)32)23(30)15-10-20(34-3)16(26)11-19(15)33-2/h4-12,22,29-30H,1-3H3/b23-21+. The molecule has 3 aromatic rings. The molecule has 8 nitrogen and oxygen atoms in total. The number of hydrogen-bond donors (Lipinski definition) is 2. The highest BCUT2D eigenvalue weighted by atomic mass is 35.5. The number of anilines is 1. The van der Waals surface area contributed by atoms with E-state index in [1.807, 2.05) is 0 Å². The van der Waals surface area contributed by atoms with Crippen molar-refractivity contribution in [1.82, 2.24) is 4.98 Å². The van der Waals surface area contributed by atoms with E-state index < -0.39 is 23.5 Å². The van der Waals surface area contributed by atoms with E-state index in [-0.39, 0.29) is 39.1 Å². The van der Waals surface area contributed by atoms with Crippen LogP contribution in [-0.2, 0) is 9.59 Å². The number of phenolic OH excluding ortho intramolecular Hbond substituents is 1. The number of nitrogens with zero attached hydrogens (tertiary/aromatic N) is 2. The summed E-state index contributed by atoms with van der Waals surface area (Å²) in [6, 6.07) is 9.85. The topological polar surface area (TPSA) is 109 Å². The molecule has 34 heavy (non-hydrogen) atoms. The Kier molecular flexibility index (Phi) is 6.17. The van der Waals surface area contributed by atoms with Crippen LogP contribution in [0.4, 0.5) is 5.69 Å². The van der Waals surface area contributed by atoms with Crippen molar-refractivity contribution in [2.45, 2.75) is 13.0 Å². The van der Waals surface area contributed by atoms with E-state index in [9.17, 15) is 19.8 Å². The molecule has 0 bridgehead atoms. The lowest BCUT2D eigenvalue weighted by Gasteiger charge is -2.26. The molecule has 1 aromatic heterocycles. The molecule has 174 valence electrons. The third kappa shape index (κ3) is 3.82. The van der Waals surface area contributed by atoms with Crippen molar-refractivity contribution in [2.75, 3.05) is 19.1 Å². The molecule has 0 aliphatic carbocycles. The number of rotatable bonds is 5. The number of aromatic hydroxyl groups is 1. The lowest BCUT2D eigenvalue weighted by molar-refractivity contribution is -0.132. The van der Waals surface area contributed by atoms with Crippen molar-refractivity contribution in [1.29, 1.82) is 0 Å². The lowest BCUT2D eigenvalue weighted by Crippen LogP contribution is -2.29. The maximum Gasteiger partial charge on any atom is 0.300 e. The minimum Gasteiger partial charge on any atom is -0.507 e. The summed E-state index contributed by atoms with van der Waals surface area (Å²) in [6.45, 7) is 1.80. The smallest absolute Gasteiger partial charge is 0.300 e. The second-order valence-corrected chi connectivity index (χ2v) is 8.04. The van der Waals surface area contributed by atoms with Gasteiger partial charge in [0.15, 0.2) is 0 Å². The molecule has 1 unspecified atom stereocenters. The molecule has 2 heterocycles. The van der Waals surface area contributed by atoms with Gasteiger partial charge in [0.1, 0.15) is 23.0 Å². The largest absolute Gasteiger partial charge is 0.507 e. The lowest BCUT2D eigenvalue weighted by atomic mass is 9.95. The van der Waals surface area contributed by atoms with Gasteiger partial charge >= 0.3 is 0 Å². The highest BCUT2D eigenvalue weighted by Gasteiger charge is 2.48. The predicted molar refractivity (Wildman–Crippen MR) is 126 cm³/mol. The summed E-state index contributed by atoms with van der Waals surface area (Å²) in [5, 5.41) is 22.1. The fourth-order valence-corrected chi connectivity index (χ4v) is 4.18. The summed E-state index contributed by atoms with van der Waals surface area (Å²) in [5.74, 6) is -2.08. The fraction of sp³-hybridized carbons (Fsp3) is 0.160. The molecule has 1 fully saturated rings. The number of hydrogen-bond acceptors (Lipinski definition) is 7. The number of ether oxygens (including phenoxy) is 2. The number of halogens is 1. The highest BCUT2D eigenvalue weighted by Crippen LogP contribution is 2.46. The van der Waals surface area contributed by atoms with Crippen LogP contribution in [0, 0.1) is 6.92 Å². The molecule has 4 rings (SSSR count). The first-order valence-corrected chi connectivity index (χ1v) is 10.6. The monoisotopic (exact) mass is 480 g/mol. The van der Waals surface area contributed by atoms with Gasteiger partial charge < -0.3 is 19.7 Å².